The quantitative estimate of drug-likeness (QED) is 0.0561. The molecule has 0 aliphatic carbocycles. The lowest BCUT2D eigenvalue weighted by atomic mass is 10.0. The van der Waals surface area contributed by atoms with Gasteiger partial charge in [-0.1, -0.05) is 6.07 Å². The van der Waals surface area contributed by atoms with Gasteiger partial charge >= 0.3 is 0 Å². The number of imidazole rings is 1. The molecule has 2 aromatic heterocycles. The molecule has 330 valence electrons. The highest BCUT2D eigenvalue weighted by Gasteiger charge is 2.45. The second-order valence-corrected chi connectivity index (χ2v) is 15.8. The van der Waals surface area contributed by atoms with E-state index in [0.29, 0.717) is 82.6 Å². The molecule has 3 aliphatic heterocycles. The number of piperidine rings is 1. The van der Waals surface area contributed by atoms with Gasteiger partial charge in [0.2, 0.25) is 17.7 Å². The number of anilines is 2. The van der Waals surface area contributed by atoms with E-state index >= 15 is 0 Å². The van der Waals surface area contributed by atoms with E-state index in [0.717, 1.165) is 52.2 Å². The highest BCUT2D eigenvalue weighted by molar-refractivity contribution is 6.25. The molecule has 3 aromatic carbocycles. The molecule has 0 bridgehead atoms. The van der Waals surface area contributed by atoms with Gasteiger partial charge in [-0.15, -0.1) is 0 Å². The zero-order chi connectivity index (χ0) is 43.9. The molecular formula is C44H50N10O9. The van der Waals surface area contributed by atoms with E-state index in [1.54, 1.807) is 35.1 Å². The van der Waals surface area contributed by atoms with Crippen LogP contribution in [0.25, 0.3) is 21.9 Å². The Hall–Kier alpha value is -6.54. The molecule has 5 N–H and O–H groups in total. The molecular weight excluding hydrogens is 813 g/mol. The van der Waals surface area contributed by atoms with Gasteiger partial charge < -0.3 is 35.1 Å². The number of rotatable bonds is 20. The minimum Gasteiger partial charge on any atom is -0.382 e. The van der Waals surface area contributed by atoms with Crippen LogP contribution in [0.4, 0.5) is 11.4 Å². The van der Waals surface area contributed by atoms with Gasteiger partial charge in [0.25, 0.3) is 17.7 Å². The van der Waals surface area contributed by atoms with Crippen molar-refractivity contribution in [1.29, 1.82) is 0 Å². The molecule has 0 radical (unpaired) electrons. The minimum absolute atomic E-state index is 0.00190. The number of carbonyl (C=O) groups excluding carboxylic acids is 6. The third-order valence-corrected chi connectivity index (χ3v) is 11.4. The van der Waals surface area contributed by atoms with Gasteiger partial charge in [0.05, 0.1) is 80.1 Å². The second kappa shape index (κ2) is 19.7. The topological polar surface area (TPSA) is 231 Å². The van der Waals surface area contributed by atoms with Crippen molar-refractivity contribution in [3.63, 3.8) is 0 Å². The molecule has 2 saturated heterocycles. The van der Waals surface area contributed by atoms with E-state index in [2.05, 4.69) is 36.2 Å². The minimum atomic E-state index is -1.02. The average Bonchev–Trinajstić information content (AvgIpc) is 4.04. The monoisotopic (exact) mass is 862 g/mol. The number of benzene rings is 3. The van der Waals surface area contributed by atoms with Gasteiger partial charge in [-0.2, -0.15) is 5.10 Å². The van der Waals surface area contributed by atoms with E-state index < -0.39 is 29.7 Å². The van der Waals surface area contributed by atoms with Crippen molar-refractivity contribution in [2.45, 2.75) is 38.3 Å². The smallest absolute Gasteiger partial charge is 0.264 e. The van der Waals surface area contributed by atoms with Crippen LogP contribution in [-0.2, 0) is 42.2 Å². The van der Waals surface area contributed by atoms with Crippen molar-refractivity contribution in [2.75, 3.05) is 76.5 Å². The average molecular weight is 863 g/mol. The van der Waals surface area contributed by atoms with Crippen LogP contribution in [-0.4, -0.2) is 137 Å². The molecule has 0 saturated carbocycles. The summed E-state index contributed by atoms with van der Waals surface area (Å²) in [4.78, 5) is 87.1. The van der Waals surface area contributed by atoms with Crippen molar-refractivity contribution >= 4 is 68.8 Å². The van der Waals surface area contributed by atoms with E-state index in [9.17, 15) is 28.8 Å². The van der Waals surface area contributed by atoms with Crippen LogP contribution >= 0.6 is 0 Å². The number of aromatic amines is 1. The molecule has 2 unspecified atom stereocenters. The number of likely N-dealkylation sites (tertiary alicyclic amines) is 1. The van der Waals surface area contributed by atoms with Gasteiger partial charge in [-0.05, 0) is 73.8 Å². The third-order valence-electron chi connectivity index (χ3n) is 11.4. The number of fused-ring (bicyclic) bond motifs is 3. The lowest BCUT2D eigenvalue weighted by molar-refractivity contribution is -0.136. The number of hydrogen-bond donors (Lipinski definition) is 5. The largest absolute Gasteiger partial charge is 0.382 e. The molecule has 6 amide bonds. The maximum absolute atomic E-state index is 13.2. The molecule has 63 heavy (non-hydrogen) atoms. The fourth-order valence-electron chi connectivity index (χ4n) is 8.21. The van der Waals surface area contributed by atoms with E-state index in [-0.39, 0.29) is 41.7 Å². The van der Waals surface area contributed by atoms with Crippen molar-refractivity contribution in [2.24, 2.45) is 13.0 Å². The first kappa shape index (κ1) is 43.1. The van der Waals surface area contributed by atoms with E-state index in [4.69, 9.17) is 19.2 Å². The van der Waals surface area contributed by atoms with Crippen molar-refractivity contribution in [3.05, 3.63) is 83.3 Å². The van der Waals surface area contributed by atoms with Crippen LogP contribution in [0.3, 0.4) is 0 Å². The van der Waals surface area contributed by atoms with Crippen molar-refractivity contribution in [3.8, 4) is 0 Å². The predicted octanol–water partition coefficient (Wildman–Crippen LogP) is 2.59. The summed E-state index contributed by atoms with van der Waals surface area (Å²) < 4.78 is 18.6. The van der Waals surface area contributed by atoms with Crippen LogP contribution in [0.5, 0.6) is 0 Å². The van der Waals surface area contributed by atoms with Gasteiger partial charge in [-0.3, -0.25) is 48.6 Å². The maximum atomic E-state index is 13.2. The van der Waals surface area contributed by atoms with Gasteiger partial charge in [0, 0.05) is 61.8 Å². The fraction of sp³-hybridized carbons (Fsp3) is 0.409. The summed E-state index contributed by atoms with van der Waals surface area (Å²) in [7, 11) is 1.87. The fourth-order valence-corrected chi connectivity index (χ4v) is 8.21. The molecule has 2 atom stereocenters. The number of imide groups is 2. The molecule has 19 nitrogen and oxygen atoms in total. The van der Waals surface area contributed by atoms with Crippen LogP contribution in [0.1, 0.15) is 62.6 Å². The number of nitrogens with zero attached hydrogens (tertiary/aromatic N) is 5. The van der Waals surface area contributed by atoms with Gasteiger partial charge in [0.1, 0.15) is 11.9 Å². The summed E-state index contributed by atoms with van der Waals surface area (Å²) in [6, 6.07) is 15.0. The van der Waals surface area contributed by atoms with Crippen LogP contribution < -0.4 is 21.3 Å². The first-order valence-electron chi connectivity index (χ1n) is 21.1. The molecule has 0 spiro atoms. The number of hydrogen-bond acceptors (Lipinski definition) is 13. The normalized spacial score (nSPS) is 17.8. The van der Waals surface area contributed by atoms with Gasteiger partial charge in [-0.25, -0.2) is 4.98 Å². The lowest BCUT2D eigenvalue weighted by Crippen LogP contribution is -2.54. The summed E-state index contributed by atoms with van der Waals surface area (Å²) in [5.41, 5.74) is 4.69. The molecule has 8 rings (SSSR count). The van der Waals surface area contributed by atoms with Crippen LogP contribution in [0.2, 0.25) is 0 Å². The standard InChI is InChI=1S/C44H50N10O9/c1-52-35-8-5-28(22-29(35)24-47-52)41(57)48-30-6-7-32-34(23-30)50-37(49-32)26-53-14-11-27(25-53)21-39(56)46-13-16-62-18-20-63-19-17-61-15-12-45-33-4-2-3-31-40(33)44(60)54(43(31)59)36-9-10-38(55)51-42(36)58/h2-8,22-24,27,36,45H,9-21,25-26H2,1H3,(H,46,56)(H,48,57)(H,49,50)(H,51,55,58). The molecule has 3 aliphatic rings. The lowest BCUT2D eigenvalue weighted by Gasteiger charge is -2.27. The van der Waals surface area contributed by atoms with E-state index in [1.165, 1.54) is 0 Å². The number of aromatic nitrogens is 4. The Labute approximate surface area is 362 Å². The van der Waals surface area contributed by atoms with Crippen molar-refractivity contribution in [1.82, 2.24) is 40.2 Å². The highest BCUT2D eigenvalue weighted by Crippen LogP contribution is 2.32. The predicted molar refractivity (Wildman–Crippen MR) is 230 cm³/mol. The Morgan fingerprint density at radius 1 is 0.889 bits per heavy atom. The first-order valence-corrected chi connectivity index (χ1v) is 21.1. The van der Waals surface area contributed by atoms with Crippen LogP contribution in [0.15, 0.2) is 60.8 Å². The molecule has 19 heteroatoms. The number of carbonyl (C=O) groups is 6. The number of amides is 6. The summed E-state index contributed by atoms with van der Waals surface area (Å²) >= 11 is 0. The Morgan fingerprint density at radius 2 is 1.68 bits per heavy atom. The zero-order valence-corrected chi connectivity index (χ0v) is 34.9. The Kier molecular flexibility index (Phi) is 13.5. The summed E-state index contributed by atoms with van der Waals surface area (Å²) in [6.45, 7) is 5.22. The maximum Gasteiger partial charge on any atom is 0.264 e. The number of nitrogens with one attached hydrogen (secondary N) is 5. The summed E-state index contributed by atoms with van der Waals surface area (Å²) in [6.07, 6.45) is 3.26. The second-order valence-electron chi connectivity index (χ2n) is 15.8. The number of ether oxygens (including phenoxy) is 3. The first-order chi connectivity index (χ1) is 30.6. The Morgan fingerprint density at radius 3 is 2.49 bits per heavy atom. The molecule has 5 heterocycles. The zero-order valence-electron chi connectivity index (χ0n) is 34.9. The SMILES string of the molecule is Cn1ncc2cc(C(=O)Nc3ccc4[nH]c(CN5CCC(CC(=O)NCCOCCOCCOCCNc6cccc7c6C(=O)N(C6CCC(=O)NC6=O)C7=O)C5)nc4c3)ccc21. The molecule has 5 aromatic rings. The Bertz CT molecular complexity index is 2540. The Balaban J connectivity index is 0.649. The third kappa shape index (κ3) is 10.2. The van der Waals surface area contributed by atoms with Crippen molar-refractivity contribution < 1.29 is 43.0 Å². The number of H-pyrrole nitrogens is 1. The summed E-state index contributed by atoms with van der Waals surface area (Å²) in [5, 5.41) is 16.4. The highest BCUT2D eigenvalue weighted by atomic mass is 16.5. The number of aryl methyl sites for hydroxylation is 1. The summed E-state index contributed by atoms with van der Waals surface area (Å²) in [5.74, 6) is -1.33. The van der Waals surface area contributed by atoms with Gasteiger partial charge in [0.15, 0.2) is 0 Å². The van der Waals surface area contributed by atoms with Crippen LogP contribution in [0, 0.1) is 5.92 Å². The van der Waals surface area contributed by atoms with E-state index in [1.807, 2.05) is 37.4 Å². The molecule has 2 fully saturated rings.